The number of hydrogen-bond donors (Lipinski definition) is 0. The average molecular weight is 423 g/mol. The molecule has 2 aromatic carbocycles. The molecule has 0 aromatic heterocycles. The normalized spacial score (nSPS) is 20.9. The van der Waals surface area contributed by atoms with Gasteiger partial charge in [-0.2, -0.15) is 0 Å². The molecule has 0 amide bonds. The van der Waals surface area contributed by atoms with Crippen LogP contribution in [0.15, 0.2) is 59.7 Å². The number of nitrogens with zero attached hydrogens (tertiary/aromatic N) is 1. The molecule has 160 valence electrons. The van der Waals surface area contributed by atoms with Gasteiger partial charge >= 0.3 is 17.9 Å². The van der Waals surface area contributed by atoms with E-state index >= 15 is 0 Å². The van der Waals surface area contributed by atoms with Crippen LogP contribution in [0.1, 0.15) is 17.2 Å². The van der Waals surface area contributed by atoms with Crippen LogP contribution in [0.4, 0.5) is 5.69 Å². The maximum Gasteiger partial charge on any atom is 0.341 e. The zero-order valence-electron chi connectivity index (χ0n) is 17.5. The number of fused-ring (bicyclic) bond motifs is 5. The van der Waals surface area contributed by atoms with Gasteiger partial charge in [-0.1, -0.05) is 24.3 Å². The third-order valence-corrected chi connectivity index (χ3v) is 5.80. The van der Waals surface area contributed by atoms with Gasteiger partial charge in [0.15, 0.2) is 5.54 Å². The van der Waals surface area contributed by atoms with Gasteiger partial charge in [-0.3, -0.25) is 0 Å². The molecule has 2 aromatic rings. The number of esters is 3. The van der Waals surface area contributed by atoms with Gasteiger partial charge in [0.25, 0.3) is 0 Å². The SMILES string of the molecule is COC(=O)C1=C(C(=O)OC)C2(C(=O)OC)c3ccccc3C1N2c1ccc(OC)cc1. The zero-order chi connectivity index (χ0) is 22.3. The quantitative estimate of drug-likeness (QED) is 0.534. The fourth-order valence-corrected chi connectivity index (χ4v) is 4.63. The lowest BCUT2D eigenvalue weighted by molar-refractivity contribution is -0.149. The Hall–Kier alpha value is -3.81. The number of rotatable bonds is 5. The van der Waals surface area contributed by atoms with E-state index in [-0.39, 0.29) is 11.1 Å². The van der Waals surface area contributed by atoms with E-state index in [0.717, 1.165) is 0 Å². The van der Waals surface area contributed by atoms with E-state index in [1.807, 2.05) is 12.1 Å². The van der Waals surface area contributed by atoms with E-state index < -0.39 is 29.5 Å². The summed E-state index contributed by atoms with van der Waals surface area (Å²) in [7, 11) is 5.21. The Kier molecular flexibility index (Phi) is 4.93. The Morgan fingerprint density at radius 2 is 1.48 bits per heavy atom. The average Bonchev–Trinajstić information content (AvgIpc) is 3.30. The van der Waals surface area contributed by atoms with Crippen molar-refractivity contribution in [3.05, 3.63) is 70.8 Å². The first kappa shape index (κ1) is 20.5. The van der Waals surface area contributed by atoms with Crippen LogP contribution in [0.2, 0.25) is 0 Å². The Morgan fingerprint density at radius 3 is 2.06 bits per heavy atom. The number of anilines is 1. The van der Waals surface area contributed by atoms with Crippen molar-refractivity contribution < 1.29 is 33.3 Å². The standard InChI is InChI=1S/C23H21NO7/c1-28-14-11-9-13(10-12-14)24-19-15-7-5-6-8-16(15)23(24,22(27)31-4)18(21(26)30-3)17(19)20(25)29-2/h5-12,19H,1-4H3. The lowest BCUT2D eigenvalue weighted by Crippen LogP contribution is -2.49. The van der Waals surface area contributed by atoms with Crippen molar-refractivity contribution in [1.82, 2.24) is 0 Å². The third kappa shape index (κ3) is 2.57. The highest BCUT2D eigenvalue weighted by molar-refractivity contribution is 6.15. The molecule has 2 heterocycles. The topological polar surface area (TPSA) is 91.4 Å². The molecule has 2 aliphatic rings. The van der Waals surface area contributed by atoms with Crippen LogP contribution in [-0.2, 0) is 34.1 Å². The molecule has 2 atom stereocenters. The molecule has 0 N–H and O–H groups in total. The highest BCUT2D eigenvalue weighted by Crippen LogP contribution is 2.62. The monoisotopic (exact) mass is 423 g/mol. The molecule has 0 aliphatic carbocycles. The number of benzene rings is 2. The second-order valence-electron chi connectivity index (χ2n) is 7.03. The molecule has 2 aliphatic heterocycles. The predicted octanol–water partition coefficient (Wildman–Crippen LogP) is 2.28. The number of hydrogen-bond acceptors (Lipinski definition) is 8. The molecule has 31 heavy (non-hydrogen) atoms. The lowest BCUT2D eigenvalue weighted by atomic mass is 9.76. The predicted molar refractivity (Wildman–Crippen MR) is 109 cm³/mol. The minimum Gasteiger partial charge on any atom is -0.497 e. The first-order valence-electron chi connectivity index (χ1n) is 9.49. The number of ether oxygens (including phenoxy) is 4. The maximum absolute atomic E-state index is 13.5. The second kappa shape index (κ2) is 7.46. The van der Waals surface area contributed by atoms with E-state index in [1.165, 1.54) is 21.3 Å². The van der Waals surface area contributed by atoms with E-state index in [4.69, 9.17) is 18.9 Å². The van der Waals surface area contributed by atoms with Gasteiger partial charge in [0, 0.05) is 5.69 Å². The van der Waals surface area contributed by atoms with Crippen LogP contribution in [-0.4, -0.2) is 46.3 Å². The van der Waals surface area contributed by atoms with Crippen LogP contribution in [0, 0.1) is 0 Å². The summed E-state index contributed by atoms with van der Waals surface area (Å²) in [5, 5.41) is 0. The zero-order valence-corrected chi connectivity index (χ0v) is 17.5. The van der Waals surface area contributed by atoms with Gasteiger partial charge < -0.3 is 23.8 Å². The molecule has 0 saturated carbocycles. The molecule has 0 radical (unpaired) electrons. The van der Waals surface area contributed by atoms with Crippen molar-refractivity contribution in [3.8, 4) is 5.75 Å². The summed E-state index contributed by atoms with van der Waals surface area (Å²) in [4.78, 5) is 41.1. The second-order valence-corrected chi connectivity index (χ2v) is 7.03. The van der Waals surface area contributed by atoms with E-state index in [2.05, 4.69) is 0 Å². The van der Waals surface area contributed by atoms with Gasteiger partial charge in [0.1, 0.15) is 5.75 Å². The summed E-state index contributed by atoms with van der Waals surface area (Å²) >= 11 is 0. The molecular formula is C23H21NO7. The van der Waals surface area contributed by atoms with Crippen LogP contribution in [0.25, 0.3) is 0 Å². The molecule has 2 bridgehead atoms. The summed E-state index contributed by atoms with van der Waals surface area (Å²) < 4.78 is 20.4. The Labute approximate surface area is 179 Å². The lowest BCUT2D eigenvalue weighted by Gasteiger charge is -2.36. The molecule has 8 nitrogen and oxygen atoms in total. The van der Waals surface area contributed by atoms with Crippen molar-refractivity contribution >= 4 is 23.6 Å². The molecule has 0 fully saturated rings. The van der Waals surface area contributed by atoms with Gasteiger partial charge in [-0.25, -0.2) is 14.4 Å². The smallest absolute Gasteiger partial charge is 0.341 e. The van der Waals surface area contributed by atoms with Gasteiger partial charge in [-0.15, -0.1) is 0 Å². The van der Waals surface area contributed by atoms with Crippen LogP contribution < -0.4 is 9.64 Å². The van der Waals surface area contributed by atoms with E-state index in [0.29, 0.717) is 22.6 Å². The Morgan fingerprint density at radius 1 is 0.839 bits per heavy atom. The summed E-state index contributed by atoms with van der Waals surface area (Å²) in [5.74, 6) is -1.61. The number of methoxy groups -OCH3 is 4. The first-order chi connectivity index (χ1) is 15.0. The maximum atomic E-state index is 13.5. The van der Waals surface area contributed by atoms with E-state index in [9.17, 15) is 14.4 Å². The van der Waals surface area contributed by atoms with Crippen molar-refractivity contribution in [2.75, 3.05) is 33.3 Å². The molecule has 0 spiro atoms. The van der Waals surface area contributed by atoms with Crippen molar-refractivity contribution in [3.63, 3.8) is 0 Å². The molecule has 4 rings (SSSR count). The van der Waals surface area contributed by atoms with Crippen LogP contribution in [0.3, 0.4) is 0 Å². The summed E-state index contributed by atoms with van der Waals surface area (Å²) in [5.41, 5.74) is 0.0870. The Bertz CT molecular complexity index is 1110. The fraction of sp³-hybridized carbons (Fsp3) is 0.261. The summed E-state index contributed by atoms with van der Waals surface area (Å²) in [6.45, 7) is 0. The number of carbonyl (C=O) groups excluding carboxylic acids is 3. The number of carbonyl (C=O) groups is 3. The first-order valence-corrected chi connectivity index (χ1v) is 9.49. The van der Waals surface area contributed by atoms with Gasteiger partial charge in [0.05, 0.1) is 45.6 Å². The molecule has 8 heteroatoms. The van der Waals surface area contributed by atoms with Crippen molar-refractivity contribution in [1.29, 1.82) is 0 Å². The minimum absolute atomic E-state index is 0.0502. The summed E-state index contributed by atoms with van der Waals surface area (Å²) in [6.07, 6.45) is 0. The molecule has 2 unspecified atom stereocenters. The van der Waals surface area contributed by atoms with Gasteiger partial charge in [0.2, 0.25) is 0 Å². The third-order valence-electron chi connectivity index (χ3n) is 5.80. The highest BCUT2D eigenvalue weighted by Gasteiger charge is 2.68. The van der Waals surface area contributed by atoms with Crippen LogP contribution >= 0.6 is 0 Å². The van der Waals surface area contributed by atoms with Gasteiger partial charge in [-0.05, 0) is 35.4 Å². The highest BCUT2D eigenvalue weighted by atomic mass is 16.5. The molecular weight excluding hydrogens is 402 g/mol. The molecule has 0 saturated heterocycles. The fourth-order valence-electron chi connectivity index (χ4n) is 4.63. The van der Waals surface area contributed by atoms with Crippen LogP contribution in [0.5, 0.6) is 5.75 Å². The summed E-state index contributed by atoms with van der Waals surface area (Å²) in [6, 6.07) is 13.4. The Balaban J connectivity index is 2.09. The minimum atomic E-state index is -1.71. The van der Waals surface area contributed by atoms with Crippen molar-refractivity contribution in [2.45, 2.75) is 11.6 Å². The van der Waals surface area contributed by atoms with E-state index in [1.54, 1.807) is 48.4 Å². The van der Waals surface area contributed by atoms with Crippen molar-refractivity contribution in [2.24, 2.45) is 0 Å². The largest absolute Gasteiger partial charge is 0.497 e.